The van der Waals surface area contributed by atoms with Crippen molar-refractivity contribution in [2.45, 2.75) is 33.4 Å². The maximum Gasteiger partial charge on any atom is 0.0687 e. The Bertz CT molecular complexity index is 299. The first kappa shape index (κ1) is 12.1. The van der Waals surface area contributed by atoms with Crippen molar-refractivity contribution in [3.63, 3.8) is 0 Å². The summed E-state index contributed by atoms with van der Waals surface area (Å²) in [5.74, 6) is 0.299. The van der Waals surface area contributed by atoms with Gasteiger partial charge in [-0.2, -0.15) is 0 Å². The number of hydrogen-bond acceptors (Lipinski definition) is 3. The maximum absolute atomic E-state index is 9.60. The Morgan fingerprint density at radius 3 is 2.80 bits per heavy atom. The lowest BCUT2D eigenvalue weighted by Gasteiger charge is -2.15. The van der Waals surface area contributed by atoms with Gasteiger partial charge >= 0.3 is 0 Å². The van der Waals surface area contributed by atoms with Crippen LogP contribution >= 0.6 is 0 Å². The summed E-state index contributed by atoms with van der Waals surface area (Å²) in [5, 5.41) is 12.8. The zero-order valence-corrected chi connectivity index (χ0v) is 9.70. The summed E-state index contributed by atoms with van der Waals surface area (Å²) in [4.78, 5) is 4.21. The van der Waals surface area contributed by atoms with Crippen LogP contribution in [0.5, 0.6) is 0 Å². The van der Waals surface area contributed by atoms with Crippen LogP contribution in [0.2, 0.25) is 0 Å². The Morgan fingerprint density at radius 1 is 1.47 bits per heavy atom. The maximum atomic E-state index is 9.60. The van der Waals surface area contributed by atoms with Gasteiger partial charge in [-0.1, -0.05) is 19.9 Å². The fraction of sp³-hybridized carbons (Fsp3) is 0.583. The Balaban J connectivity index is 2.35. The van der Waals surface area contributed by atoms with Crippen molar-refractivity contribution in [1.82, 2.24) is 10.3 Å². The van der Waals surface area contributed by atoms with E-state index < -0.39 is 0 Å². The summed E-state index contributed by atoms with van der Waals surface area (Å²) in [7, 11) is 0. The molecule has 1 unspecified atom stereocenters. The second-order valence-corrected chi connectivity index (χ2v) is 4.19. The minimum Gasteiger partial charge on any atom is -0.392 e. The van der Waals surface area contributed by atoms with Gasteiger partial charge in [-0.3, -0.25) is 4.98 Å². The fourth-order valence-corrected chi connectivity index (χ4v) is 1.29. The lowest BCUT2D eigenvalue weighted by Crippen LogP contribution is -2.30. The molecule has 3 nitrogen and oxygen atoms in total. The molecule has 1 aromatic heterocycles. The number of aryl methyl sites for hydroxylation is 1. The molecule has 0 saturated carbocycles. The summed E-state index contributed by atoms with van der Waals surface area (Å²) < 4.78 is 0. The van der Waals surface area contributed by atoms with Gasteiger partial charge in [0.2, 0.25) is 0 Å². The number of pyridine rings is 1. The van der Waals surface area contributed by atoms with Crippen LogP contribution in [0, 0.1) is 12.8 Å². The van der Waals surface area contributed by atoms with E-state index in [0.29, 0.717) is 12.5 Å². The standard InChI is InChI=1S/C12H20N2O/c1-9(2)12(15)8-13-7-11-5-4-6-14-10(11)3/h4-6,9,12-13,15H,7-8H2,1-3H3. The highest BCUT2D eigenvalue weighted by Crippen LogP contribution is 2.04. The SMILES string of the molecule is Cc1ncccc1CNCC(O)C(C)C. The van der Waals surface area contributed by atoms with Gasteiger partial charge in [0, 0.05) is 25.0 Å². The molecule has 0 aromatic carbocycles. The van der Waals surface area contributed by atoms with Crippen molar-refractivity contribution < 1.29 is 5.11 Å². The van der Waals surface area contributed by atoms with Gasteiger partial charge in [-0.25, -0.2) is 0 Å². The molecule has 0 aliphatic rings. The molecule has 84 valence electrons. The van der Waals surface area contributed by atoms with Crippen molar-refractivity contribution in [1.29, 1.82) is 0 Å². The fourth-order valence-electron chi connectivity index (χ4n) is 1.29. The minimum atomic E-state index is -0.276. The first-order valence-electron chi connectivity index (χ1n) is 5.40. The summed E-state index contributed by atoms with van der Waals surface area (Å²) in [6.45, 7) is 7.43. The van der Waals surface area contributed by atoms with Gasteiger partial charge in [0.15, 0.2) is 0 Å². The molecule has 15 heavy (non-hydrogen) atoms. The quantitative estimate of drug-likeness (QED) is 0.770. The van der Waals surface area contributed by atoms with E-state index in [2.05, 4.69) is 16.4 Å². The molecule has 0 aliphatic carbocycles. The number of aromatic nitrogens is 1. The van der Waals surface area contributed by atoms with Crippen LogP contribution in [0.15, 0.2) is 18.3 Å². The molecule has 0 radical (unpaired) electrons. The van der Waals surface area contributed by atoms with Gasteiger partial charge < -0.3 is 10.4 Å². The monoisotopic (exact) mass is 208 g/mol. The molecule has 0 amide bonds. The zero-order valence-electron chi connectivity index (χ0n) is 9.70. The number of hydrogen-bond donors (Lipinski definition) is 2. The number of aliphatic hydroxyl groups is 1. The molecular formula is C12H20N2O. The van der Waals surface area contributed by atoms with Crippen LogP contribution in [0.1, 0.15) is 25.1 Å². The van der Waals surface area contributed by atoms with E-state index in [1.165, 1.54) is 5.56 Å². The van der Waals surface area contributed by atoms with Gasteiger partial charge in [0.1, 0.15) is 0 Å². The first-order valence-corrected chi connectivity index (χ1v) is 5.40. The Hall–Kier alpha value is -0.930. The van der Waals surface area contributed by atoms with Gasteiger partial charge in [-0.15, -0.1) is 0 Å². The molecule has 1 rings (SSSR count). The minimum absolute atomic E-state index is 0.276. The number of aliphatic hydroxyl groups excluding tert-OH is 1. The van der Waals surface area contributed by atoms with Crippen molar-refractivity contribution >= 4 is 0 Å². The smallest absolute Gasteiger partial charge is 0.0687 e. The second kappa shape index (κ2) is 5.83. The molecule has 1 aromatic rings. The van der Waals surface area contributed by atoms with E-state index >= 15 is 0 Å². The Morgan fingerprint density at radius 2 is 2.20 bits per heavy atom. The van der Waals surface area contributed by atoms with Crippen molar-refractivity contribution in [2.75, 3.05) is 6.54 Å². The van der Waals surface area contributed by atoms with Crippen molar-refractivity contribution in [3.05, 3.63) is 29.6 Å². The third-order valence-electron chi connectivity index (χ3n) is 2.55. The predicted molar refractivity (Wildman–Crippen MR) is 61.5 cm³/mol. The largest absolute Gasteiger partial charge is 0.392 e. The van der Waals surface area contributed by atoms with Crippen LogP contribution in [0.3, 0.4) is 0 Å². The Labute approximate surface area is 91.5 Å². The average molecular weight is 208 g/mol. The average Bonchev–Trinajstić information content (AvgIpc) is 2.20. The van der Waals surface area contributed by atoms with E-state index in [1.54, 1.807) is 6.20 Å². The molecular weight excluding hydrogens is 188 g/mol. The predicted octanol–water partition coefficient (Wildman–Crippen LogP) is 1.50. The van der Waals surface area contributed by atoms with E-state index in [0.717, 1.165) is 12.2 Å². The lowest BCUT2D eigenvalue weighted by atomic mass is 10.1. The Kier molecular flexibility index (Phi) is 4.72. The molecule has 0 bridgehead atoms. The van der Waals surface area contributed by atoms with Crippen LogP contribution < -0.4 is 5.32 Å². The molecule has 0 fully saturated rings. The molecule has 2 N–H and O–H groups in total. The lowest BCUT2D eigenvalue weighted by molar-refractivity contribution is 0.123. The first-order chi connectivity index (χ1) is 7.11. The summed E-state index contributed by atoms with van der Waals surface area (Å²) >= 11 is 0. The highest BCUT2D eigenvalue weighted by Gasteiger charge is 2.08. The highest BCUT2D eigenvalue weighted by molar-refractivity contribution is 5.17. The summed E-state index contributed by atoms with van der Waals surface area (Å²) in [6.07, 6.45) is 1.52. The molecule has 1 heterocycles. The van der Waals surface area contributed by atoms with E-state index in [-0.39, 0.29) is 6.10 Å². The highest BCUT2D eigenvalue weighted by atomic mass is 16.3. The molecule has 0 saturated heterocycles. The van der Waals surface area contributed by atoms with E-state index in [4.69, 9.17) is 0 Å². The zero-order chi connectivity index (χ0) is 11.3. The molecule has 3 heteroatoms. The normalized spacial score (nSPS) is 13.1. The molecule has 1 atom stereocenters. The van der Waals surface area contributed by atoms with Crippen LogP contribution in [-0.2, 0) is 6.54 Å². The van der Waals surface area contributed by atoms with Crippen LogP contribution in [0.25, 0.3) is 0 Å². The molecule has 0 aliphatic heterocycles. The summed E-state index contributed by atoms with van der Waals surface area (Å²) in [5.41, 5.74) is 2.23. The number of nitrogens with zero attached hydrogens (tertiary/aromatic N) is 1. The van der Waals surface area contributed by atoms with Gasteiger partial charge in [-0.05, 0) is 24.5 Å². The summed E-state index contributed by atoms with van der Waals surface area (Å²) in [6, 6.07) is 3.99. The molecule has 0 spiro atoms. The van der Waals surface area contributed by atoms with Crippen LogP contribution in [0.4, 0.5) is 0 Å². The van der Waals surface area contributed by atoms with Crippen molar-refractivity contribution in [3.8, 4) is 0 Å². The topological polar surface area (TPSA) is 45.2 Å². The van der Waals surface area contributed by atoms with Gasteiger partial charge in [0.05, 0.1) is 6.10 Å². The number of nitrogens with one attached hydrogen (secondary N) is 1. The van der Waals surface area contributed by atoms with Crippen molar-refractivity contribution in [2.24, 2.45) is 5.92 Å². The van der Waals surface area contributed by atoms with Gasteiger partial charge in [0.25, 0.3) is 0 Å². The third kappa shape index (κ3) is 3.98. The number of rotatable bonds is 5. The van der Waals surface area contributed by atoms with E-state index in [1.807, 2.05) is 26.8 Å². The van der Waals surface area contributed by atoms with E-state index in [9.17, 15) is 5.11 Å². The second-order valence-electron chi connectivity index (χ2n) is 4.19. The van der Waals surface area contributed by atoms with Crippen LogP contribution in [-0.4, -0.2) is 22.7 Å². The third-order valence-corrected chi connectivity index (χ3v) is 2.55.